The molecule has 2 rings (SSSR count). The smallest absolute Gasteiger partial charge is 0.349 e. The summed E-state index contributed by atoms with van der Waals surface area (Å²) in [6, 6.07) is 1.71. The number of nitrogen functional groups attached to an aromatic ring is 1. The Morgan fingerprint density at radius 2 is 2.53 bits per heavy atom. The Morgan fingerprint density at radius 1 is 1.80 bits per heavy atom. The van der Waals surface area contributed by atoms with Crippen LogP contribution in [0, 0.1) is 11.8 Å². The van der Waals surface area contributed by atoms with Crippen LogP contribution in [0.5, 0.6) is 0 Å². The number of hydrogen-bond acceptors (Lipinski definition) is 4. The lowest BCUT2D eigenvalue weighted by Crippen LogP contribution is -2.27. The van der Waals surface area contributed by atoms with E-state index in [1.165, 1.54) is 0 Å². The molecular formula is C10H15N3O2. The van der Waals surface area contributed by atoms with Crippen LogP contribution in [0.15, 0.2) is 17.1 Å². The molecule has 0 bridgehead atoms. The van der Waals surface area contributed by atoms with Crippen molar-refractivity contribution in [2.75, 3.05) is 12.3 Å². The van der Waals surface area contributed by atoms with Gasteiger partial charge in [0.2, 0.25) is 0 Å². The van der Waals surface area contributed by atoms with Crippen LogP contribution in [0.2, 0.25) is 0 Å². The van der Waals surface area contributed by atoms with Crippen LogP contribution in [0.4, 0.5) is 5.82 Å². The largest absolute Gasteiger partial charge is 0.396 e. The second-order valence-electron chi connectivity index (χ2n) is 4.13. The summed E-state index contributed by atoms with van der Waals surface area (Å²) in [4.78, 5) is 15.2. The molecule has 3 N–H and O–H groups in total. The number of nitrogens with zero attached hydrogens (tertiary/aromatic N) is 2. The normalized spacial score (nSPS) is 26.3. The maximum Gasteiger partial charge on any atom is 0.349 e. The lowest BCUT2D eigenvalue weighted by atomic mass is 10.2. The van der Waals surface area contributed by atoms with Crippen LogP contribution in [0.25, 0.3) is 0 Å². The number of hydrogen-bond donors (Lipinski definition) is 2. The van der Waals surface area contributed by atoms with Gasteiger partial charge in [-0.3, -0.25) is 4.57 Å². The highest BCUT2D eigenvalue weighted by Gasteiger charge is 2.41. The molecule has 1 heterocycles. The van der Waals surface area contributed by atoms with Gasteiger partial charge in [0.25, 0.3) is 0 Å². The summed E-state index contributed by atoms with van der Waals surface area (Å²) < 4.78 is 1.58. The molecule has 1 saturated carbocycles. The van der Waals surface area contributed by atoms with Crippen LogP contribution in [-0.2, 0) is 0 Å². The molecule has 82 valence electrons. The number of aliphatic hydroxyl groups excluding tert-OH is 1. The first-order valence-electron chi connectivity index (χ1n) is 5.09. The fourth-order valence-corrected chi connectivity index (χ4v) is 2.01. The molecule has 0 aliphatic heterocycles. The molecule has 1 fully saturated rings. The molecule has 0 saturated heterocycles. The summed E-state index contributed by atoms with van der Waals surface area (Å²) in [7, 11) is 0. The van der Waals surface area contributed by atoms with Gasteiger partial charge in [-0.2, -0.15) is 4.98 Å². The highest BCUT2D eigenvalue weighted by molar-refractivity contribution is 5.23. The molecule has 1 aromatic heterocycles. The predicted molar refractivity (Wildman–Crippen MR) is 56.3 cm³/mol. The Labute approximate surface area is 87.6 Å². The van der Waals surface area contributed by atoms with Gasteiger partial charge in [-0.25, -0.2) is 4.79 Å². The Balaban J connectivity index is 2.20. The zero-order valence-electron chi connectivity index (χ0n) is 8.63. The number of rotatable bonds is 3. The van der Waals surface area contributed by atoms with E-state index in [0.29, 0.717) is 11.8 Å². The monoisotopic (exact) mass is 209 g/mol. The van der Waals surface area contributed by atoms with Gasteiger partial charge in [-0.15, -0.1) is 0 Å². The van der Waals surface area contributed by atoms with Crippen molar-refractivity contribution in [1.29, 1.82) is 0 Å². The minimum atomic E-state index is -0.314. The van der Waals surface area contributed by atoms with Crippen LogP contribution >= 0.6 is 0 Å². The third-order valence-electron chi connectivity index (χ3n) is 3.12. The first kappa shape index (κ1) is 10.2. The SMILES string of the molecule is CC(C1CC1CO)n1ccc(N)nc1=O. The molecule has 5 heteroatoms. The van der Waals surface area contributed by atoms with E-state index in [9.17, 15) is 4.79 Å². The molecule has 3 atom stereocenters. The molecule has 1 aliphatic rings. The number of aliphatic hydroxyl groups is 1. The van der Waals surface area contributed by atoms with E-state index in [1.807, 2.05) is 6.92 Å². The van der Waals surface area contributed by atoms with Crippen molar-refractivity contribution in [2.24, 2.45) is 11.8 Å². The summed E-state index contributed by atoms with van der Waals surface area (Å²) >= 11 is 0. The van der Waals surface area contributed by atoms with Crippen molar-refractivity contribution < 1.29 is 5.11 Å². The van der Waals surface area contributed by atoms with Crippen LogP contribution in [-0.4, -0.2) is 21.3 Å². The fraction of sp³-hybridized carbons (Fsp3) is 0.600. The van der Waals surface area contributed by atoms with Gasteiger partial charge < -0.3 is 10.8 Å². The van der Waals surface area contributed by atoms with Gasteiger partial charge in [-0.1, -0.05) is 0 Å². The van der Waals surface area contributed by atoms with Gasteiger partial charge in [0.15, 0.2) is 0 Å². The zero-order chi connectivity index (χ0) is 11.0. The van der Waals surface area contributed by atoms with Gasteiger partial charge in [-0.05, 0) is 31.2 Å². The highest BCUT2D eigenvalue weighted by Crippen LogP contribution is 2.45. The van der Waals surface area contributed by atoms with E-state index >= 15 is 0 Å². The molecule has 15 heavy (non-hydrogen) atoms. The predicted octanol–water partition coefficient (Wildman–Crippen LogP) is 0.0149. The molecule has 0 radical (unpaired) electrons. The molecule has 0 amide bonds. The Bertz CT molecular complexity index is 415. The lowest BCUT2D eigenvalue weighted by Gasteiger charge is -2.13. The van der Waals surface area contributed by atoms with E-state index in [4.69, 9.17) is 10.8 Å². The van der Waals surface area contributed by atoms with E-state index in [2.05, 4.69) is 4.98 Å². The Kier molecular flexibility index (Phi) is 2.48. The minimum Gasteiger partial charge on any atom is -0.396 e. The summed E-state index contributed by atoms with van der Waals surface area (Å²) in [6.07, 6.45) is 2.65. The fourth-order valence-electron chi connectivity index (χ4n) is 2.01. The first-order valence-corrected chi connectivity index (χ1v) is 5.09. The van der Waals surface area contributed by atoms with Crippen molar-refractivity contribution in [3.05, 3.63) is 22.7 Å². The minimum absolute atomic E-state index is 0.0859. The third kappa shape index (κ3) is 1.87. The van der Waals surface area contributed by atoms with Crippen LogP contribution in [0.1, 0.15) is 19.4 Å². The number of nitrogens with two attached hydrogens (primary N) is 1. The Morgan fingerprint density at radius 3 is 3.07 bits per heavy atom. The van der Waals surface area contributed by atoms with E-state index in [-0.39, 0.29) is 24.2 Å². The molecule has 3 unspecified atom stereocenters. The van der Waals surface area contributed by atoms with Gasteiger partial charge in [0, 0.05) is 18.8 Å². The lowest BCUT2D eigenvalue weighted by molar-refractivity contribution is 0.259. The van der Waals surface area contributed by atoms with Gasteiger partial charge >= 0.3 is 5.69 Å². The molecule has 1 aliphatic carbocycles. The molecule has 1 aromatic rings. The van der Waals surface area contributed by atoms with E-state index < -0.39 is 0 Å². The number of anilines is 1. The maximum absolute atomic E-state index is 11.5. The van der Waals surface area contributed by atoms with Crippen molar-refractivity contribution in [3.8, 4) is 0 Å². The standard InChI is InChI=1S/C10H15N3O2/c1-6(8-4-7(8)5-14)13-3-2-9(11)12-10(13)15/h2-3,6-8,14H,4-5H2,1H3,(H2,11,12,15). The van der Waals surface area contributed by atoms with Gasteiger partial charge in [0.1, 0.15) is 5.82 Å². The van der Waals surface area contributed by atoms with Crippen LogP contribution in [0.3, 0.4) is 0 Å². The second kappa shape index (κ2) is 3.66. The average molecular weight is 209 g/mol. The molecule has 5 nitrogen and oxygen atoms in total. The van der Waals surface area contributed by atoms with E-state index in [1.54, 1.807) is 16.8 Å². The first-order chi connectivity index (χ1) is 7.13. The van der Waals surface area contributed by atoms with E-state index in [0.717, 1.165) is 6.42 Å². The summed E-state index contributed by atoms with van der Waals surface area (Å²) in [5.41, 5.74) is 5.09. The maximum atomic E-state index is 11.5. The summed E-state index contributed by atoms with van der Waals surface area (Å²) in [6.45, 7) is 2.17. The van der Waals surface area contributed by atoms with Crippen molar-refractivity contribution in [3.63, 3.8) is 0 Å². The van der Waals surface area contributed by atoms with Crippen LogP contribution < -0.4 is 11.4 Å². The Hall–Kier alpha value is -1.36. The second-order valence-corrected chi connectivity index (χ2v) is 4.13. The van der Waals surface area contributed by atoms with Crippen molar-refractivity contribution in [2.45, 2.75) is 19.4 Å². The van der Waals surface area contributed by atoms with Crippen molar-refractivity contribution in [1.82, 2.24) is 9.55 Å². The third-order valence-corrected chi connectivity index (χ3v) is 3.12. The quantitative estimate of drug-likeness (QED) is 0.735. The van der Waals surface area contributed by atoms with Gasteiger partial charge in [0.05, 0.1) is 0 Å². The molecular weight excluding hydrogens is 194 g/mol. The van der Waals surface area contributed by atoms with Crippen molar-refractivity contribution >= 4 is 5.82 Å². The number of aromatic nitrogens is 2. The zero-order valence-corrected chi connectivity index (χ0v) is 8.63. The topological polar surface area (TPSA) is 81.1 Å². The molecule has 0 spiro atoms. The molecule has 0 aromatic carbocycles. The summed E-state index contributed by atoms with van der Waals surface area (Å²) in [5.74, 6) is 0.973. The highest BCUT2D eigenvalue weighted by atomic mass is 16.3. The summed E-state index contributed by atoms with van der Waals surface area (Å²) in [5, 5.41) is 8.96. The average Bonchev–Trinajstić information content (AvgIpc) is 2.95.